The first-order valence-electron chi connectivity index (χ1n) is 14.9. The third-order valence-corrected chi connectivity index (χ3v) is 11.4. The van der Waals surface area contributed by atoms with E-state index in [1.54, 1.807) is 26.4 Å². The number of nitrogens with zero attached hydrogens (tertiary/aromatic N) is 4. The summed E-state index contributed by atoms with van der Waals surface area (Å²) in [7, 11) is -2.43. The Labute approximate surface area is 270 Å². The normalized spacial score (nSPS) is 12.1. The van der Waals surface area contributed by atoms with E-state index in [0.29, 0.717) is 22.9 Å². The SMILES string of the molecule is COc1ccc(CN(Cc2ccc(OC)cc2)S(=O)(=O)c2ccc(-c3c(-c4cc([Si](C)(C)C)on4)nn4ccccc34)cc2)cc1. The molecule has 6 rings (SSSR count). The van der Waals surface area contributed by atoms with Gasteiger partial charge in [0.05, 0.1) is 24.6 Å². The van der Waals surface area contributed by atoms with Gasteiger partial charge in [0.25, 0.3) is 0 Å². The summed E-state index contributed by atoms with van der Waals surface area (Å²) in [6.07, 6.45) is 1.89. The van der Waals surface area contributed by atoms with Crippen molar-refractivity contribution in [2.45, 2.75) is 37.6 Å². The van der Waals surface area contributed by atoms with Crippen molar-refractivity contribution < 1.29 is 22.4 Å². The highest BCUT2D eigenvalue weighted by Crippen LogP contribution is 2.35. The fourth-order valence-electron chi connectivity index (χ4n) is 5.24. The molecule has 0 amide bonds. The zero-order chi connectivity index (χ0) is 32.5. The van der Waals surface area contributed by atoms with Crippen LogP contribution in [0.1, 0.15) is 11.1 Å². The fourth-order valence-corrected chi connectivity index (χ4v) is 7.55. The molecule has 0 spiro atoms. The molecule has 3 heterocycles. The first-order valence-corrected chi connectivity index (χ1v) is 19.8. The van der Waals surface area contributed by atoms with Crippen LogP contribution in [0.3, 0.4) is 0 Å². The van der Waals surface area contributed by atoms with Crippen molar-refractivity contribution in [3.05, 3.63) is 114 Å². The standard InChI is InChI=1S/C35H36N4O5SSi/c1-42-28-15-9-25(10-16-28)23-38(24-26-11-17-29(43-2)18-12-26)45(40,41)30-19-13-27(14-20-30)34-32-8-6-7-21-39(32)36-35(34)31-22-33(44-37-31)46(3,4)5/h6-22H,23-24H2,1-5H3. The van der Waals surface area contributed by atoms with E-state index in [4.69, 9.17) is 19.1 Å². The molecule has 11 heteroatoms. The molecule has 0 bridgehead atoms. The molecule has 3 aromatic heterocycles. The maximum atomic E-state index is 14.2. The second-order valence-corrected chi connectivity index (χ2v) is 19.0. The number of sulfonamides is 1. The molecule has 0 aliphatic rings. The third-order valence-electron chi connectivity index (χ3n) is 7.85. The van der Waals surface area contributed by atoms with E-state index >= 15 is 0 Å². The molecule has 0 saturated heterocycles. The van der Waals surface area contributed by atoms with Crippen LogP contribution in [0.4, 0.5) is 0 Å². The molecule has 0 radical (unpaired) electrons. The molecule has 3 aromatic carbocycles. The van der Waals surface area contributed by atoms with Gasteiger partial charge in [-0.25, -0.2) is 12.9 Å². The average molecular weight is 653 g/mol. The number of hydrogen-bond acceptors (Lipinski definition) is 7. The lowest BCUT2D eigenvalue weighted by Gasteiger charge is -2.23. The van der Waals surface area contributed by atoms with Crippen LogP contribution < -0.4 is 14.9 Å². The Morgan fingerprint density at radius 2 is 1.39 bits per heavy atom. The lowest BCUT2D eigenvalue weighted by atomic mass is 10.0. The van der Waals surface area contributed by atoms with Crippen LogP contribution in [0.15, 0.2) is 113 Å². The highest BCUT2D eigenvalue weighted by atomic mass is 32.2. The number of pyridine rings is 1. The van der Waals surface area contributed by atoms with Gasteiger partial charge in [-0.15, -0.1) is 0 Å². The quantitative estimate of drug-likeness (QED) is 0.145. The summed E-state index contributed by atoms with van der Waals surface area (Å²) in [5.41, 5.74) is 5.57. The Bertz CT molecular complexity index is 2020. The first-order chi connectivity index (χ1) is 22.1. The number of benzene rings is 3. The number of rotatable bonds is 11. The Balaban J connectivity index is 1.37. The number of ether oxygens (including phenoxy) is 2. The summed E-state index contributed by atoms with van der Waals surface area (Å²) in [6.45, 7) is 6.97. The summed E-state index contributed by atoms with van der Waals surface area (Å²) in [4.78, 5) is 0.193. The molecule has 0 saturated carbocycles. The van der Waals surface area contributed by atoms with Crippen molar-refractivity contribution in [3.8, 4) is 34.0 Å². The van der Waals surface area contributed by atoms with Crippen molar-refractivity contribution in [1.29, 1.82) is 0 Å². The van der Waals surface area contributed by atoms with E-state index in [0.717, 1.165) is 33.2 Å². The van der Waals surface area contributed by atoms with Crippen molar-refractivity contribution >= 4 is 29.0 Å². The van der Waals surface area contributed by atoms with Gasteiger partial charge in [-0.05, 0) is 65.2 Å². The van der Waals surface area contributed by atoms with Crippen molar-refractivity contribution in [3.63, 3.8) is 0 Å². The summed E-state index contributed by atoms with van der Waals surface area (Å²) in [6, 6.07) is 29.7. The van der Waals surface area contributed by atoms with Crippen LogP contribution in [-0.2, 0) is 23.1 Å². The first kappa shape index (κ1) is 31.3. The maximum Gasteiger partial charge on any atom is 0.243 e. The molecule has 0 N–H and O–H groups in total. The minimum absolute atomic E-state index is 0.184. The minimum atomic E-state index is -3.90. The van der Waals surface area contributed by atoms with Crippen LogP contribution in [0, 0.1) is 0 Å². The Hall–Kier alpha value is -4.71. The predicted molar refractivity (Wildman–Crippen MR) is 182 cm³/mol. The predicted octanol–water partition coefficient (Wildman–Crippen LogP) is 6.61. The third kappa shape index (κ3) is 6.34. The average Bonchev–Trinajstić information content (AvgIpc) is 3.71. The summed E-state index contributed by atoms with van der Waals surface area (Å²) < 4.78 is 48.1. The van der Waals surface area contributed by atoms with Crippen LogP contribution in [0.25, 0.3) is 28.0 Å². The van der Waals surface area contributed by atoms with Gasteiger partial charge in [0.2, 0.25) is 10.0 Å². The molecule has 236 valence electrons. The van der Waals surface area contributed by atoms with Gasteiger partial charge in [0, 0.05) is 30.9 Å². The molecule has 0 fully saturated rings. The van der Waals surface area contributed by atoms with Gasteiger partial charge in [-0.2, -0.15) is 9.40 Å². The van der Waals surface area contributed by atoms with Crippen LogP contribution in [-0.4, -0.2) is 49.8 Å². The number of methoxy groups -OCH3 is 2. The highest BCUT2D eigenvalue weighted by molar-refractivity contribution is 7.89. The monoisotopic (exact) mass is 652 g/mol. The Morgan fingerprint density at radius 1 is 0.804 bits per heavy atom. The number of fused-ring (bicyclic) bond motifs is 1. The van der Waals surface area contributed by atoms with Crippen LogP contribution in [0.2, 0.25) is 19.6 Å². The molecule has 46 heavy (non-hydrogen) atoms. The smallest absolute Gasteiger partial charge is 0.243 e. The van der Waals surface area contributed by atoms with Gasteiger partial charge < -0.3 is 14.0 Å². The lowest BCUT2D eigenvalue weighted by Crippen LogP contribution is -2.36. The second-order valence-electron chi connectivity index (χ2n) is 12.1. The molecule has 9 nitrogen and oxygen atoms in total. The second kappa shape index (κ2) is 12.6. The van der Waals surface area contributed by atoms with E-state index in [9.17, 15) is 8.42 Å². The molecule has 0 atom stereocenters. The van der Waals surface area contributed by atoms with Crippen LogP contribution in [0.5, 0.6) is 11.5 Å². The van der Waals surface area contributed by atoms with E-state index < -0.39 is 18.1 Å². The van der Waals surface area contributed by atoms with Gasteiger partial charge in [0.1, 0.15) is 36.3 Å². The van der Waals surface area contributed by atoms with Crippen LogP contribution >= 0.6 is 0 Å². The molecular formula is C35H36N4O5SSi. The zero-order valence-corrected chi connectivity index (χ0v) is 28.3. The molecule has 0 aliphatic carbocycles. The van der Waals surface area contributed by atoms with Gasteiger partial charge in [-0.3, -0.25) is 0 Å². The summed E-state index contributed by atoms with van der Waals surface area (Å²) in [5.74, 6) is 1.41. The van der Waals surface area contributed by atoms with Crippen molar-refractivity contribution in [2.24, 2.45) is 0 Å². The topological polar surface area (TPSA) is 99.2 Å². The van der Waals surface area contributed by atoms with Gasteiger partial charge in [-0.1, -0.05) is 67.3 Å². The zero-order valence-electron chi connectivity index (χ0n) is 26.5. The molecular weight excluding hydrogens is 617 g/mol. The van der Waals surface area contributed by atoms with Crippen molar-refractivity contribution in [1.82, 2.24) is 19.1 Å². The highest BCUT2D eigenvalue weighted by Gasteiger charge is 2.28. The minimum Gasteiger partial charge on any atom is -0.497 e. The fraction of sp³-hybridized carbons (Fsp3) is 0.200. The van der Waals surface area contributed by atoms with Gasteiger partial charge >= 0.3 is 0 Å². The Kier molecular flexibility index (Phi) is 8.56. The number of hydrogen-bond donors (Lipinski definition) is 0. The van der Waals surface area contributed by atoms with Crippen molar-refractivity contribution in [2.75, 3.05) is 14.2 Å². The molecule has 0 aliphatic heterocycles. The number of aromatic nitrogens is 3. The van der Waals surface area contributed by atoms with E-state index in [2.05, 4.69) is 24.8 Å². The largest absolute Gasteiger partial charge is 0.497 e. The Morgan fingerprint density at radius 3 is 1.91 bits per heavy atom. The van der Waals surface area contributed by atoms with Gasteiger partial charge in [0.15, 0.2) is 0 Å². The lowest BCUT2D eigenvalue weighted by molar-refractivity contribution is 0.397. The van der Waals surface area contributed by atoms with E-state index in [-0.39, 0.29) is 18.0 Å². The maximum absolute atomic E-state index is 14.2. The molecule has 6 aromatic rings. The molecule has 0 unspecified atom stereocenters. The summed E-state index contributed by atoms with van der Waals surface area (Å²) in [5, 5.41) is 10.1. The van der Waals surface area contributed by atoms with E-state index in [1.165, 1.54) is 4.31 Å². The van der Waals surface area contributed by atoms with E-state index in [1.807, 2.05) is 95.6 Å². The summed E-state index contributed by atoms with van der Waals surface area (Å²) >= 11 is 0.